The van der Waals surface area contributed by atoms with E-state index >= 15 is 0 Å². The maximum Gasteiger partial charge on any atom is 0.253 e. The van der Waals surface area contributed by atoms with Crippen molar-refractivity contribution in [2.24, 2.45) is 0 Å². The zero-order chi connectivity index (χ0) is 20.0. The molecule has 2 rings (SSSR count). The number of nitrogens with zero attached hydrogens (tertiary/aromatic N) is 1. The fourth-order valence-electron chi connectivity index (χ4n) is 2.99. The number of hydrogen-bond donors (Lipinski definition) is 1. The molecule has 0 fully saturated rings. The molecule has 0 aliphatic rings. The molecule has 0 aliphatic carbocycles. The molecular formula is C23H30N2O2. The van der Waals surface area contributed by atoms with Crippen molar-refractivity contribution >= 4 is 11.8 Å². The Morgan fingerprint density at radius 1 is 0.889 bits per heavy atom. The fraction of sp³-hybridized carbons (Fsp3) is 0.391. The van der Waals surface area contributed by atoms with Gasteiger partial charge in [-0.1, -0.05) is 45.0 Å². The Morgan fingerprint density at radius 2 is 1.41 bits per heavy atom. The Labute approximate surface area is 162 Å². The molecule has 0 heterocycles. The minimum atomic E-state index is -0.0805. The molecule has 1 unspecified atom stereocenters. The first kappa shape index (κ1) is 20.7. The van der Waals surface area contributed by atoms with Gasteiger partial charge in [0.25, 0.3) is 11.8 Å². The third-order valence-electron chi connectivity index (χ3n) is 5.04. The predicted octanol–water partition coefficient (Wildman–Crippen LogP) is 4.44. The first-order chi connectivity index (χ1) is 12.8. The molecule has 1 N–H and O–H groups in total. The molecule has 2 amide bonds. The highest BCUT2D eigenvalue weighted by atomic mass is 16.2. The molecule has 4 nitrogen and oxygen atoms in total. The molecule has 27 heavy (non-hydrogen) atoms. The maximum absolute atomic E-state index is 12.6. The second kappa shape index (κ2) is 9.36. The van der Waals surface area contributed by atoms with E-state index < -0.39 is 0 Å². The van der Waals surface area contributed by atoms with Crippen molar-refractivity contribution < 1.29 is 9.59 Å². The molecule has 4 heteroatoms. The van der Waals surface area contributed by atoms with Gasteiger partial charge in [-0.25, -0.2) is 0 Å². The quantitative estimate of drug-likeness (QED) is 0.788. The summed E-state index contributed by atoms with van der Waals surface area (Å²) in [6, 6.07) is 15.5. The van der Waals surface area contributed by atoms with Crippen LogP contribution in [-0.2, 0) is 0 Å². The van der Waals surface area contributed by atoms with E-state index in [9.17, 15) is 9.59 Å². The van der Waals surface area contributed by atoms with E-state index in [0.717, 1.165) is 12.0 Å². The van der Waals surface area contributed by atoms with E-state index in [1.165, 1.54) is 11.1 Å². The predicted molar refractivity (Wildman–Crippen MR) is 110 cm³/mol. The molecule has 1 atom stereocenters. The summed E-state index contributed by atoms with van der Waals surface area (Å²) in [4.78, 5) is 26.0. The second-order valence-electron chi connectivity index (χ2n) is 7.39. The topological polar surface area (TPSA) is 49.4 Å². The molecule has 0 radical (unpaired) electrons. The number of hydrogen-bond acceptors (Lipinski definition) is 2. The van der Waals surface area contributed by atoms with Crippen LogP contribution < -0.4 is 5.32 Å². The lowest BCUT2D eigenvalue weighted by atomic mass is 9.96. The van der Waals surface area contributed by atoms with Gasteiger partial charge in [0.05, 0.1) is 0 Å². The van der Waals surface area contributed by atoms with Crippen LogP contribution in [0.4, 0.5) is 0 Å². The Morgan fingerprint density at radius 3 is 1.93 bits per heavy atom. The van der Waals surface area contributed by atoms with Gasteiger partial charge < -0.3 is 10.2 Å². The molecule has 2 aromatic rings. The summed E-state index contributed by atoms with van der Waals surface area (Å²) in [5.74, 6) is 0.736. The van der Waals surface area contributed by atoms with Crippen LogP contribution in [-0.4, -0.2) is 37.4 Å². The van der Waals surface area contributed by atoms with E-state index in [1.807, 2.05) is 55.6 Å². The molecule has 0 saturated heterocycles. The van der Waals surface area contributed by atoms with Gasteiger partial charge in [-0.15, -0.1) is 0 Å². The normalized spacial score (nSPS) is 11.9. The summed E-state index contributed by atoms with van der Waals surface area (Å²) < 4.78 is 0. The van der Waals surface area contributed by atoms with Crippen LogP contribution >= 0.6 is 0 Å². The molecule has 2 aromatic carbocycles. The Kier molecular flexibility index (Phi) is 7.17. The van der Waals surface area contributed by atoms with Crippen molar-refractivity contribution in [3.8, 4) is 0 Å². The average Bonchev–Trinajstić information content (AvgIpc) is 2.70. The number of benzene rings is 2. The summed E-state index contributed by atoms with van der Waals surface area (Å²) in [5, 5.41) is 2.62. The van der Waals surface area contributed by atoms with E-state index in [1.54, 1.807) is 11.9 Å². The lowest BCUT2D eigenvalue weighted by Gasteiger charge is -2.20. The molecule has 0 spiro atoms. The van der Waals surface area contributed by atoms with Crippen molar-refractivity contribution in [3.05, 3.63) is 70.8 Å². The van der Waals surface area contributed by atoms with Crippen molar-refractivity contribution in [1.82, 2.24) is 10.2 Å². The summed E-state index contributed by atoms with van der Waals surface area (Å²) >= 11 is 0. The van der Waals surface area contributed by atoms with Crippen LogP contribution in [0.2, 0.25) is 0 Å². The van der Waals surface area contributed by atoms with E-state index in [2.05, 4.69) is 26.1 Å². The third kappa shape index (κ3) is 5.43. The zero-order valence-electron chi connectivity index (χ0n) is 17.0. The minimum Gasteiger partial charge on any atom is -0.355 e. The number of carbonyl (C=O) groups is 2. The van der Waals surface area contributed by atoms with Crippen LogP contribution in [0.3, 0.4) is 0 Å². The van der Waals surface area contributed by atoms with E-state index in [4.69, 9.17) is 0 Å². The largest absolute Gasteiger partial charge is 0.355 e. The van der Waals surface area contributed by atoms with E-state index in [0.29, 0.717) is 23.9 Å². The van der Waals surface area contributed by atoms with Gasteiger partial charge in [0, 0.05) is 31.8 Å². The Balaban J connectivity index is 1.92. The van der Waals surface area contributed by atoms with Crippen molar-refractivity contribution in [2.75, 3.05) is 20.6 Å². The monoisotopic (exact) mass is 366 g/mol. The Bertz CT molecular complexity index is 764. The van der Waals surface area contributed by atoms with Gasteiger partial charge >= 0.3 is 0 Å². The van der Waals surface area contributed by atoms with Gasteiger partial charge in [0.2, 0.25) is 0 Å². The lowest BCUT2D eigenvalue weighted by Crippen LogP contribution is -2.28. The summed E-state index contributed by atoms with van der Waals surface area (Å²) in [6.45, 7) is 7.12. The van der Waals surface area contributed by atoms with Gasteiger partial charge in [0.1, 0.15) is 0 Å². The van der Waals surface area contributed by atoms with Gasteiger partial charge in [-0.3, -0.25) is 9.59 Å². The van der Waals surface area contributed by atoms with E-state index in [-0.39, 0.29) is 11.8 Å². The zero-order valence-corrected chi connectivity index (χ0v) is 17.0. The highest BCUT2D eigenvalue weighted by molar-refractivity contribution is 5.94. The summed E-state index contributed by atoms with van der Waals surface area (Å²) in [7, 11) is 3.47. The van der Waals surface area contributed by atoms with Crippen molar-refractivity contribution in [2.45, 2.75) is 39.0 Å². The number of rotatable bonds is 7. The van der Waals surface area contributed by atoms with Crippen LogP contribution in [0.5, 0.6) is 0 Å². The first-order valence-corrected chi connectivity index (χ1v) is 9.51. The summed E-state index contributed by atoms with van der Waals surface area (Å²) in [5.41, 5.74) is 3.79. The van der Waals surface area contributed by atoms with Gasteiger partial charge in [-0.2, -0.15) is 0 Å². The smallest absolute Gasteiger partial charge is 0.253 e. The van der Waals surface area contributed by atoms with Crippen molar-refractivity contribution in [3.63, 3.8) is 0 Å². The lowest BCUT2D eigenvalue weighted by molar-refractivity contribution is 0.0791. The summed E-state index contributed by atoms with van der Waals surface area (Å²) in [6.07, 6.45) is 0.867. The van der Waals surface area contributed by atoms with Gasteiger partial charge in [-0.05, 0) is 53.6 Å². The minimum absolute atomic E-state index is 0.0486. The fourth-order valence-corrected chi connectivity index (χ4v) is 2.99. The second-order valence-corrected chi connectivity index (χ2v) is 7.39. The maximum atomic E-state index is 12.6. The highest BCUT2D eigenvalue weighted by Crippen LogP contribution is 2.21. The standard InChI is InChI=1S/C23H30N2O2/c1-16(2)18-6-12-21(13-7-18)23(27)25(5)15-14-17(3)19-8-10-20(11-9-19)22(26)24-4/h6-13,16-17H,14-15H2,1-5H3,(H,24,26). The molecule has 144 valence electrons. The number of carbonyl (C=O) groups excluding carboxylic acids is 2. The van der Waals surface area contributed by atoms with Crippen LogP contribution in [0.15, 0.2) is 48.5 Å². The van der Waals surface area contributed by atoms with Crippen LogP contribution in [0.1, 0.15) is 70.9 Å². The Hall–Kier alpha value is -2.62. The third-order valence-corrected chi connectivity index (χ3v) is 5.04. The van der Waals surface area contributed by atoms with Crippen molar-refractivity contribution in [1.29, 1.82) is 0 Å². The molecule has 0 bridgehead atoms. The molecule has 0 aromatic heterocycles. The van der Waals surface area contributed by atoms with Crippen LogP contribution in [0, 0.1) is 0 Å². The average molecular weight is 367 g/mol. The molecule has 0 saturated carbocycles. The van der Waals surface area contributed by atoms with Gasteiger partial charge in [0.15, 0.2) is 0 Å². The molecule has 0 aliphatic heterocycles. The van der Waals surface area contributed by atoms with Crippen LogP contribution in [0.25, 0.3) is 0 Å². The molecular weight excluding hydrogens is 336 g/mol. The first-order valence-electron chi connectivity index (χ1n) is 9.51. The number of amides is 2. The highest BCUT2D eigenvalue weighted by Gasteiger charge is 2.14. The number of nitrogens with one attached hydrogen (secondary N) is 1. The SMILES string of the molecule is CNC(=O)c1ccc(C(C)CCN(C)C(=O)c2ccc(C(C)C)cc2)cc1.